The first-order chi connectivity index (χ1) is 11.0. The molecule has 2 rings (SSSR count). The van der Waals surface area contributed by atoms with Gasteiger partial charge in [-0.15, -0.1) is 0 Å². The Labute approximate surface area is 141 Å². The van der Waals surface area contributed by atoms with E-state index >= 15 is 0 Å². The zero-order chi connectivity index (χ0) is 16.8. The number of aryl methyl sites for hydroxylation is 1. The van der Waals surface area contributed by atoms with Gasteiger partial charge >= 0.3 is 5.97 Å². The van der Waals surface area contributed by atoms with E-state index in [-0.39, 0.29) is 17.4 Å². The van der Waals surface area contributed by atoms with Crippen molar-refractivity contribution in [3.8, 4) is 0 Å². The van der Waals surface area contributed by atoms with E-state index in [1.165, 1.54) is 6.07 Å². The molecule has 0 aliphatic rings. The Balaban J connectivity index is 2.09. The molecule has 1 unspecified atom stereocenters. The highest BCUT2D eigenvalue weighted by Crippen LogP contribution is 2.19. The van der Waals surface area contributed by atoms with E-state index in [0.29, 0.717) is 17.9 Å². The van der Waals surface area contributed by atoms with Crippen LogP contribution in [-0.4, -0.2) is 22.7 Å². The summed E-state index contributed by atoms with van der Waals surface area (Å²) in [6.07, 6.45) is 0.614. The number of anilines is 1. The molecule has 1 amide bonds. The van der Waals surface area contributed by atoms with Crippen LogP contribution in [0.5, 0.6) is 0 Å². The second kappa shape index (κ2) is 7.83. The third-order valence-electron chi connectivity index (χ3n) is 3.65. The van der Waals surface area contributed by atoms with Crippen LogP contribution in [0.2, 0.25) is 0 Å². The lowest BCUT2D eigenvalue weighted by Gasteiger charge is -2.16. The van der Waals surface area contributed by atoms with Crippen molar-refractivity contribution in [3.05, 3.63) is 65.2 Å². The number of rotatable bonds is 6. The lowest BCUT2D eigenvalue weighted by molar-refractivity contribution is -0.119. The van der Waals surface area contributed by atoms with E-state index in [1.807, 2.05) is 30.3 Å². The number of nitrogens with one attached hydrogen (secondary N) is 1. The van der Waals surface area contributed by atoms with Crippen molar-refractivity contribution in [1.29, 1.82) is 0 Å². The van der Waals surface area contributed by atoms with E-state index in [1.54, 1.807) is 19.1 Å². The number of amides is 1. The molecule has 0 aromatic heterocycles. The Morgan fingerprint density at radius 3 is 2.43 bits per heavy atom. The van der Waals surface area contributed by atoms with Crippen LogP contribution in [0.1, 0.15) is 21.5 Å². The highest BCUT2D eigenvalue weighted by Gasteiger charge is 2.18. The summed E-state index contributed by atoms with van der Waals surface area (Å²) in [6.45, 7) is 1.77. The minimum atomic E-state index is -0.983. The van der Waals surface area contributed by atoms with Gasteiger partial charge in [-0.05, 0) is 42.7 Å². The lowest BCUT2D eigenvalue weighted by atomic mass is 10.00. The highest BCUT2D eigenvalue weighted by molar-refractivity contribution is 7.80. The molecule has 0 heterocycles. The molecule has 0 bridgehead atoms. The minimum absolute atomic E-state index is 0.116. The minimum Gasteiger partial charge on any atom is -0.478 e. The maximum Gasteiger partial charge on any atom is 0.335 e. The molecule has 2 aromatic carbocycles. The van der Waals surface area contributed by atoms with Crippen LogP contribution >= 0.6 is 12.6 Å². The van der Waals surface area contributed by atoms with Crippen LogP contribution in [-0.2, 0) is 11.2 Å². The molecule has 5 heteroatoms. The predicted molar refractivity (Wildman–Crippen MR) is 94.3 cm³/mol. The molecule has 0 aliphatic heterocycles. The van der Waals surface area contributed by atoms with Crippen LogP contribution in [0.3, 0.4) is 0 Å². The molecule has 1 atom stereocenters. The summed E-state index contributed by atoms with van der Waals surface area (Å²) in [7, 11) is 0. The van der Waals surface area contributed by atoms with Gasteiger partial charge in [0.25, 0.3) is 0 Å². The quantitative estimate of drug-likeness (QED) is 0.712. The summed E-state index contributed by atoms with van der Waals surface area (Å²) < 4.78 is 0. The second-order valence-electron chi connectivity index (χ2n) is 5.39. The average Bonchev–Trinajstić information content (AvgIpc) is 2.55. The van der Waals surface area contributed by atoms with Crippen molar-refractivity contribution >= 4 is 30.2 Å². The first kappa shape index (κ1) is 17.1. The topological polar surface area (TPSA) is 66.4 Å². The average molecular weight is 329 g/mol. The van der Waals surface area contributed by atoms with Crippen molar-refractivity contribution in [2.75, 3.05) is 11.1 Å². The number of benzene rings is 2. The highest BCUT2D eigenvalue weighted by atomic mass is 32.1. The molecule has 0 fully saturated rings. The molecule has 0 aliphatic carbocycles. The third kappa shape index (κ3) is 4.60. The number of carboxylic acid groups (broad SMARTS) is 1. The van der Waals surface area contributed by atoms with Gasteiger partial charge in [0, 0.05) is 11.4 Å². The molecular formula is C18H19NO3S. The molecule has 2 aromatic rings. The summed E-state index contributed by atoms with van der Waals surface area (Å²) in [5.41, 5.74) is 2.63. The SMILES string of the molecule is Cc1cc(C(=O)O)ccc1NC(=O)C(CS)Cc1ccccc1. The monoisotopic (exact) mass is 329 g/mol. The zero-order valence-electron chi connectivity index (χ0n) is 12.8. The molecule has 0 saturated heterocycles. The molecular weight excluding hydrogens is 310 g/mol. The van der Waals surface area contributed by atoms with Gasteiger partial charge in [0.15, 0.2) is 0 Å². The number of carbonyl (C=O) groups is 2. The van der Waals surface area contributed by atoms with Crippen LogP contribution < -0.4 is 5.32 Å². The molecule has 0 radical (unpaired) electrons. The van der Waals surface area contributed by atoms with Gasteiger partial charge < -0.3 is 10.4 Å². The van der Waals surface area contributed by atoms with Gasteiger partial charge in [0.05, 0.1) is 11.5 Å². The Morgan fingerprint density at radius 2 is 1.87 bits per heavy atom. The van der Waals surface area contributed by atoms with Gasteiger partial charge in [-0.2, -0.15) is 12.6 Å². The number of carboxylic acids is 1. The van der Waals surface area contributed by atoms with Gasteiger partial charge in [0.1, 0.15) is 0 Å². The van der Waals surface area contributed by atoms with E-state index in [2.05, 4.69) is 17.9 Å². The number of hydrogen-bond donors (Lipinski definition) is 3. The van der Waals surface area contributed by atoms with E-state index < -0.39 is 5.97 Å². The fourth-order valence-corrected chi connectivity index (χ4v) is 2.61. The first-order valence-corrected chi connectivity index (χ1v) is 7.94. The smallest absolute Gasteiger partial charge is 0.335 e. The maximum atomic E-state index is 12.4. The van der Waals surface area contributed by atoms with Gasteiger partial charge in [-0.3, -0.25) is 4.79 Å². The molecule has 0 spiro atoms. The number of hydrogen-bond acceptors (Lipinski definition) is 3. The summed E-state index contributed by atoms with van der Waals surface area (Å²) in [5, 5.41) is 11.8. The molecule has 0 saturated carbocycles. The predicted octanol–water partition coefficient (Wildman–Crippen LogP) is 3.42. The van der Waals surface area contributed by atoms with Gasteiger partial charge in [-0.1, -0.05) is 30.3 Å². The fraction of sp³-hybridized carbons (Fsp3) is 0.222. The fourth-order valence-electron chi connectivity index (χ4n) is 2.31. The van der Waals surface area contributed by atoms with Crippen LogP contribution in [0.15, 0.2) is 48.5 Å². The number of aromatic carboxylic acids is 1. The van der Waals surface area contributed by atoms with Crippen molar-refractivity contribution in [2.45, 2.75) is 13.3 Å². The Hall–Kier alpha value is -2.27. The van der Waals surface area contributed by atoms with E-state index in [4.69, 9.17) is 5.11 Å². The van der Waals surface area contributed by atoms with Crippen molar-refractivity contribution in [3.63, 3.8) is 0 Å². The largest absolute Gasteiger partial charge is 0.478 e. The van der Waals surface area contributed by atoms with Crippen molar-refractivity contribution in [1.82, 2.24) is 0 Å². The van der Waals surface area contributed by atoms with Crippen molar-refractivity contribution < 1.29 is 14.7 Å². The Morgan fingerprint density at radius 1 is 1.17 bits per heavy atom. The molecule has 120 valence electrons. The first-order valence-electron chi connectivity index (χ1n) is 7.31. The normalized spacial score (nSPS) is 11.7. The summed E-state index contributed by atoms with van der Waals surface area (Å²) in [4.78, 5) is 23.4. The summed E-state index contributed by atoms with van der Waals surface area (Å²) in [6, 6.07) is 14.4. The lowest BCUT2D eigenvalue weighted by Crippen LogP contribution is -2.26. The molecule has 4 nitrogen and oxygen atoms in total. The van der Waals surface area contributed by atoms with Crippen LogP contribution in [0.25, 0.3) is 0 Å². The maximum absolute atomic E-state index is 12.4. The van der Waals surface area contributed by atoms with Crippen LogP contribution in [0.4, 0.5) is 5.69 Å². The summed E-state index contributed by atoms with van der Waals surface area (Å²) in [5.74, 6) is -0.912. The van der Waals surface area contributed by atoms with E-state index in [0.717, 1.165) is 11.1 Å². The third-order valence-corrected chi connectivity index (χ3v) is 4.09. The van der Waals surface area contributed by atoms with Crippen LogP contribution in [0, 0.1) is 12.8 Å². The Kier molecular flexibility index (Phi) is 5.82. The Bertz CT molecular complexity index is 701. The molecule has 23 heavy (non-hydrogen) atoms. The number of thiol groups is 1. The van der Waals surface area contributed by atoms with Gasteiger partial charge in [0.2, 0.25) is 5.91 Å². The summed E-state index contributed by atoms with van der Waals surface area (Å²) >= 11 is 4.28. The second-order valence-corrected chi connectivity index (χ2v) is 5.76. The molecule has 2 N–H and O–H groups in total. The van der Waals surface area contributed by atoms with Gasteiger partial charge in [-0.25, -0.2) is 4.79 Å². The number of carbonyl (C=O) groups excluding carboxylic acids is 1. The standard InChI is InChI=1S/C18H19NO3S/c1-12-9-14(18(21)22)7-8-16(12)19-17(20)15(11-23)10-13-5-3-2-4-6-13/h2-9,15,23H,10-11H2,1H3,(H,19,20)(H,21,22). The zero-order valence-corrected chi connectivity index (χ0v) is 13.7. The van der Waals surface area contributed by atoms with Crippen molar-refractivity contribution in [2.24, 2.45) is 5.92 Å². The van der Waals surface area contributed by atoms with E-state index in [9.17, 15) is 9.59 Å².